The number of phenols is 1. The molecular formula is C16H15NO4. The van der Waals surface area contributed by atoms with E-state index >= 15 is 0 Å². The predicted molar refractivity (Wildman–Crippen MR) is 78.9 cm³/mol. The van der Waals surface area contributed by atoms with E-state index in [-0.39, 0.29) is 16.9 Å². The number of anilines is 1. The standard InChI is InChI=1S/C16H15NO4/c1-9-3-6-14(18)12(7-9)15(19)17-13-8-11(16(20)21)5-4-10(13)2/h3-8,18H,1-2H3,(H,17,19)(H,20,21). The second kappa shape index (κ2) is 5.66. The number of nitrogens with one attached hydrogen (secondary N) is 1. The first kappa shape index (κ1) is 14.6. The van der Waals surface area contributed by atoms with E-state index in [0.717, 1.165) is 11.1 Å². The lowest BCUT2D eigenvalue weighted by atomic mass is 10.1. The second-order valence-electron chi connectivity index (χ2n) is 4.81. The van der Waals surface area contributed by atoms with Crippen molar-refractivity contribution in [2.45, 2.75) is 13.8 Å². The summed E-state index contributed by atoms with van der Waals surface area (Å²) >= 11 is 0. The van der Waals surface area contributed by atoms with Gasteiger partial charge < -0.3 is 15.5 Å². The van der Waals surface area contributed by atoms with E-state index in [4.69, 9.17) is 5.11 Å². The van der Waals surface area contributed by atoms with Gasteiger partial charge in [0.15, 0.2) is 0 Å². The molecule has 0 unspecified atom stereocenters. The van der Waals surface area contributed by atoms with E-state index in [1.165, 1.54) is 18.2 Å². The van der Waals surface area contributed by atoms with E-state index in [2.05, 4.69) is 5.32 Å². The van der Waals surface area contributed by atoms with Crippen molar-refractivity contribution in [1.29, 1.82) is 0 Å². The Balaban J connectivity index is 2.33. The largest absolute Gasteiger partial charge is 0.507 e. The summed E-state index contributed by atoms with van der Waals surface area (Å²) in [7, 11) is 0. The molecule has 21 heavy (non-hydrogen) atoms. The van der Waals surface area contributed by atoms with Crippen molar-refractivity contribution < 1.29 is 19.8 Å². The molecule has 0 radical (unpaired) electrons. The number of amides is 1. The molecule has 2 aromatic rings. The number of phenolic OH excluding ortho intramolecular Hbond substituents is 1. The quantitative estimate of drug-likeness (QED) is 0.809. The number of rotatable bonds is 3. The fourth-order valence-corrected chi connectivity index (χ4v) is 1.91. The molecule has 3 N–H and O–H groups in total. The van der Waals surface area contributed by atoms with Crippen LogP contribution in [0.3, 0.4) is 0 Å². The summed E-state index contributed by atoms with van der Waals surface area (Å²) in [6.45, 7) is 3.57. The minimum absolute atomic E-state index is 0.0874. The minimum Gasteiger partial charge on any atom is -0.507 e. The lowest BCUT2D eigenvalue weighted by Gasteiger charge is -2.10. The number of aromatic carboxylic acids is 1. The number of aryl methyl sites for hydroxylation is 2. The molecule has 0 aliphatic rings. The number of benzene rings is 2. The highest BCUT2D eigenvalue weighted by Crippen LogP contribution is 2.22. The third-order valence-corrected chi connectivity index (χ3v) is 3.13. The number of hydrogen-bond donors (Lipinski definition) is 3. The molecule has 0 bridgehead atoms. The number of carboxylic acid groups (broad SMARTS) is 1. The van der Waals surface area contributed by atoms with Gasteiger partial charge in [-0.05, 0) is 43.7 Å². The monoisotopic (exact) mass is 285 g/mol. The summed E-state index contributed by atoms with van der Waals surface area (Å²) in [5.41, 5.74) is 2.22. The minimum atomic E-state index is -1.07. The van der Waals surface area contributed by atoms with Crippen LogP contribution in [0.25, 0.3) is 0 Å². The average molecular weight is 285 g/mol. The van der Waals surface area contributed by atoms with Crippen molar-refractivity contribution in [2.24, 2.45) is 0 Å². The van der Waals surface area contributed by atoms with Gasteiger partial charge in [-0.25, -0.2) is 4.79 Å². The molecule has 0 aliphatic heterocycles. The summed E-state index contributed by atoms with van der Waals surface area (Å²) < 4.78 is 0. The number of carbonyl (C=O) groups is 2. The summed E-state index contributed by atoms with van der Waals surface area (Å²) in [4.78, 5) is 23.2. The van der Waals surface area contributed by atoms with Crippen LogP contribution in [0, 0.1) is 13.8 Å². The van der Waals surface area contributed by atoms with Crippen molar-refractivity contribution in [3.63, 3.8) is 0 Å². The molecule has 0 aromatic heterocycles. The van der Waals surface area contributed by atoms with Crippen LogP contribution in [0.1, 0.15) is 31.8 Å². The molecule has 2 rings (SSSR count). The van der Waals surface area contributed by atoms with Gasteiger partial charge in [0, 0.05) is 5.69 Å². The summed E-state index contributed by atoms with van der Waals surface area (Å²) in [6.07, 6.45) is 0. The maximum atomic E-state index is 12.2. The topological polar surface area (TPSA) is 86.6 Å². The lowest BCUT2D eigenvalue weighted by Crippen LogP contribution is -2.14. The average Bonchev–Trinajstić information content (AvgIpc) is 2.43. The molecule has 0 saturated heterocycles. The maximum absolute atomic E-state index is 12.2. The summed E-state index contributed by atoms with van der Waals surface area (Å²) in [6, 6.07) is 9.20. The Bertz CT molecular complexity index is 722. The van der Waals surface area contributed by atoms with Crippen LogP contribution in [0.15, 0.2) is 36.4 Å². The van der Waals surface area contributed by atoms with Crippen LogP contribution in [-0.2, 0) is 0 Å². The van der Waals surface area contributed by atoms with Gasteiger partial charge >= 0.3 is 5.97 Å². The Labute approximate surface area is 121 Å². The Morgan fingerprint density at radius 2 is 1.76 bits per heavy atom. The van der Waals surface area contributed by atoms with Gasteiger partial charge in [0.1, 0.15) is 5.75 Å². The number of carbonyl (C=O) groups excluding carboxylic acids is 1. The smallest absolute Gasteiger partial charge is 0.335 e. The maximum Gasteiger partial charge on any atom is 0.335 e. The summed E-state index contributed by atoms with van der Waals surface area (Å²) in [5.74, 6) is -1.67. The molecule has 0 fully saturated rings. The van der Waals surface area contributed by atoms with Gasteiger partial charge in [0.2, 0.25) is 0 Å². The number of hydrogen-bond acceptors (Lipinski definition) is 3. The molecule has 0 spiro atoms. The third kappa shape index (κ3) is 3.20. The Kier molecular flexibility index (Phi) is 3.93. The van der Waals surface area contributed by atoms with Gasteiger partial charge in [-0.2, -0.15) is 0 Å². The van der Waals surface area contributed by atoms with Crippen LogP contribution in [-0.4, -0.2) is 22.1 Å². The van der Waals surface area contributed by atoms with E-state index < -0.39 is 11.9 Å². The van der Waals surface area contributed by atoms with Crippen molar-refractivity contribution in [3.8, 4) is 5.75 Å². The molecule has 1 amide bonds. The molecule has 0 atom stereocenters. The van der Waals surface area contributed by atoms with Crippen LogP contribution < -0.4 is 5.32 Å². The molecule has 0 saturated carbocycles. The Morgan fingerprint density at radius 1 is 1.05 bits per heavy atom. The lowest BCUT2D eigenvalue weighted by molar-refractivity contribution is 0.0696. The molecule has 5 heteroatoms. The van der Waals surface area contributed by atoms with E-state index in [0.29, 0.717) is 5.69 Å². The molecule has 2 aromatic carbocycles. The second-order valence-corrected chi connectivity index (χ2v) is 4.81. The van der Waals surface area contributed by atoms with Crippen molar-refractivity contribution in [3.05, 3.63) is 58.7 Å². The third-order valence-electron chi connectivity index (χ3n) is 3.13. The Morgan fingerprint density at radius 3 is 2.43 bits per heavy atom. The predicted octanol–water partition coefficient (Wildman–Crippen LogP) is 2.96. The highest BCUT2D eigenvalue weighted by molar-refractivity contribution is 6.07. The molecule has 108 valence electrons. The zero-order valence-corrected chi connectivity index (χ0v) is 11.7. The number of carboxylic acids is 1. The SMILES string of the molecule is Cc1ccc(O)c(C(=O)Nc2cc(C(=O)O)ccc2C)c1. The highest BCUT2D eigenvalue weighted by atomic mass is 16.4. The fourth-order valence-electron chi connectivity index (χ4n) is 1.91. The van der Waals surface area contributed by atoms with Gasteiger partial charge in [-0.15, -0.1) is 0 Å². The zero-order valence-electron chi connectivity index (χ0n) is 11.7. The van der Waals surface area contributed by atoms with Crippen molar-refractivity contribution in [2.75, 3.05) is 5.32 Å². The van der Waals surface area contributed by atoms with E-state index in [1.807, 2.05) is 6.92 Å². The molecule has 5 nitrogen and oxygen atoms in total. The molecule has 0 aliphatic carbocycles. The fraction of sp³-hybridized carbons (Fsp3) is 0.125. The van der Waals surface area contributed by atoms with Crippen LogP contribution >= 0.6 is 0 Å². The summed E-state index contributed by atoms with van der Waals surface area (Å²) in [5, 5.41) is 21.3. The highest BCUT2D eigenvalue weighted by Gasteiger charge is 2.14. The van der Waals surface area contributed by atoms with E-state index in [9.17, 15) is 14.7 Å². The first-order valence-corrected chi connectivity index (χ1v) is 6.33. The van der Waals surface area contributed by atoms with Gasteiger partial charge in [-0.1, -0.05) is 17.7 Å². The van der Waals surface area contributed by atoms with Crippen LogP contribution in [0.5, 0.6) is 5.75 Å². The van der Waals surface area contributed by atoms with Crippen molar-refractivity contribution in [1.82, 2.24) is 0 Å². The first-order chi connectivity index (χ1) is 9.88. The zero-order chi connectivity index (χ0) is 15.6. The first-order valence-electron chi connectivity index (χ1n) is 6.33. The Hall–Kier alpha value is -2.82. The molecular weight excluding hydrogens is 270 g/mol. The van der Waals surface area contributed by atoms with Crippen LogP contribution in [0.4, 0.5) is 5.69 Å². The van der Waals surface area contributed by atoms with Crippen molar-refractivity contribution >= 4 is 17.6 Å². The normalized spacial score (nSPS) is 10.2. The van der Waals surface area contributed by atoms with E-state index in [1.54, 1.807) is 25.1 Å². The van der Waals surface area contributed by atoms with Gasteiger partial charge in [-0.3, -0.25) is 4.79 Å². The molecule has 0 heterocycles. The van der Waals surface area contributed by atoms with Gasteiger partial charge in [0.25, 0.3) is 5.91 Å². The van der Waals surface area contributed by atoms with Crippen LogP contribution in [0.2, 0.25) is 0 Å². The number of aromatic hydroxyl groups is 1. The van der Waals surface area contributed by atoms with Gasteiger partial charge in [0.05, 0.1) is 11.1 Å².